The maximum atomic E-state index is 10.5. The van der Waals surface area contributed by atoms with Gasteiger partial charge in [-0.3, -0.25) is 4.79 Å². The van der Waals surface area contributed by atoms with Gasteiger partial charge in [-0.05, 0) is 19.8 Å². The number of aliphatic carboxylic acids is 1. The first-order valence-electron chi connectivity index (χ1n) is 3.41. The number of carboxylic acids is 1. The molecule has 1 unspecified atom stereocenters. The van der Waals surface area contributed by atoms with Crippen molar-refractivity contribution in [2.24, 2.45) is 5.41 Å². The van der Waals surface area contributed by atoms with Crippen LogP contribution in [0.3, 0.4) is 0 Å². The molecule has 0 saturated heterocycles. The van der Waals surface area contributed by atoms with E-state index in [-0.39, 0.29) is 6.61 Å². The van der Waals surface area contributed by atoms with Crippen LogP contribution in [0.4, 0.5) is 0 Å². The molecule has 1 atom stereocenters. The van der Waals surface area contributed by atoms with Gasteiger partial charge in [0.25, 0.3) is 0 Å². The lowest BCUT2D eigenvalue weighted by molar-refractivity contribution is -0.149. The third-order valence-electron chi connectivity index (χ3n) is 1.96. The van der Waals surface area contributed by atoms with Gasteiger partial charge >= 0.3 is 5.97 Å². The summed E-state index contributed by atoms with van der Waals surface area (Å²) >= 11 is 0. The van der Waals surface area contributed by atoms with Crippen molar-refractivity contribution in [2.75, 3.05) is 6.61 Å². The molecule has 0 radical (unpaired) electrons. The molecule has 3 heteroatoms. The van der Waals surface area contributed by atoms with Crippen LogP contribution in [0.1, 0.15) is 26.7 Å². The summed E-state index contributed by atoms with van der Waals surface area (Å²) in [7, 11) is 0. The normalized spacial score (nSPS) is 16.3. The monoisotopic (exact) mass is 146 g/mol. The molecule has 0 saturated carbocycles. The highest BCUT2D eigenvalue weighted by Crippen LogP contribution is 2.24. The summed E-state index contributed by atoms with van der Waals surface area (Å²) in [5.74, 6) is -0.830. The molecule has 0 spiro atoms. The van der Waals surface area contributed by atoms with Crippen LogP contribution in [0, 0.1) is 5.41 Å². The van der Waals surface area contributed by atoms with Crippen LogP contribution in [-0.4, -0.2) is 22.8 Å². The third-order valence-corrected chi connectivity index (χ3v) is 1.96. The van der Waals surface area contributed by atoms with Crippen LogP contribution in [0.5, 0.6) is 0 Å². The lowest BCUT2D eigenvalue weighted by atomic mass is 9.85. The minimum absolute atomic E-state index is 0.0589. The fraction of sp³-hybridized carbons (Fsp3) is 0.857. The minimum atomic E-state index is -0.830. The van der Waals surface area contributed by atoms with Gasteiger partial charge in [0, 0.05) is 6.61 Å². The standard InChI is InChI=1S/C7H14O3/c1-3-7(2,4-5-8)6(9)10/h8H,3-5H2,1-2H3,(H,9,10). The van der Waals surface area contributed by atoms with E-state index in [0.29, 0.717) is 12.8 Å². The smallest absolute Gasteiger partial charge is 0.309 e. The first-order valence-corrected chi connectivity index (χ1v) is 3.41. The fourth-order valence-electron chi connectivity index (χ4n) is 0.682. The fourth-order valence-corrected chi connectivity index (χ4v) is 0.682. The molecule has 0 aliphatic carbocycles. The van der Waals surface area contributed by atoms with Gasteiger partial charge in [0.2, 0.25) is 0 Å². The summed E-state index contributed by atoms with van der Waals surface area (Å²) < 4.78 is 0. The van der Waals surface area contributed by atoms with Gasteiger partial charge in [-0.1, -0.05) is 6.92 Å². The Hall–Kier alpha value is -0.570. The van der Waals surface area contributed by atoms with Gasteiger partial charge in [0.05, 0.1) is 5.41 Å². The molecule has 3 nitrogen and oxygen atoms in total. The van der Waals surface area contributed by atoms with E-state index in [4.69, 9.17) is 10.2 Å². The van der Waals surface area contributed by atoms with Crippen molar-refractivity contribution in [2.45, 2.75) is 26.7 Å². The van der Waals surface area contributed by atoms with Crippen LogP contribution in [0.2, 0.25) is 0 Å². The highest BCUT2D eigenvalue weighted by molar-refractivity contribution is 5.73. The molecule has 10 heavy (non-hydrogen) atoms. The van der Waals surface area contributed by atoms with Crippen molar-refractivity contribution in [3.8, 4) is 0 Å². The first kappa shape index (κ1) is 9.43. The van der Waals surface area contributed by atoms with Crippen molar-refractivity contribution in [1.82, 2.24) is 0 Å². The van der Waals surface area contributed by atoms with Crippen LogP contribution >= 0.6 is 0 Å². The minimum Gasteiger partial charge on any atom is -0.481 e. The molecular formula is C7H14O3. The number of rotatable bonds is 4. The van der Waals surface area contributed by atoms with E-state index in [0.717, 1.165) is 0 Å². The molecule has 0 heterocycles. The Labute approximate surface area is 60.7 Å². The van der Waals surface area contributed by atoms with Gasteiger partial charge in [-0.25, -0.2) is 0 Å². The Kier molecular flexibility index (Phi) is 3.36. The lowest BCUT2D eigenvalue weighted by Gasteiger charge is -2.20. The van der Waals surface area contributed by atoms with Crippen LogP contribution < -0.4 is 0 Å². The van der Waals surface area contributed by atoms with Gasteiger partial charge in [0.15, 0.2) is 0 Å². The summed E-state index contributed by atoms with van der Waals surface area (Å²) in [6.07, 6.45) is 0.891. The maximum absolute atomic E-state index is 10.5. The number of hydrogen-bond acceptors (Lipinski definition) is 2. The number of carbonyl (C=O) groups is 1. The topological polar surface area (TPSA) is 57.5 Å². The van der Waals surface area contributed by atoms with Gasteiger partial charge in [-0.15, -0.1) is 0 Å². The molecular weight excluding hydrogens is 132 g/mol. The van der Waals surface area contributed by atoms with Crippen molar-refractivity contribution >= 4 is 5.97 Å². The summed E-state index contributed by atoms with van der Waals surface area (Å²) in [5.41, 5.74) is -0.741. The molecule has 0 rings (SSSR count). The largest absolute Gasteiger partial charge is 0.481 e. The zero-order chi connectivity index (χ0) is 8.20. The van der Waals surface area contributed by atoms with E-state index in [1.54, 1.807) is 6.92 Å². The summed E-state index contributed by atoms with van der Waals surface area (Å²) in [6.45, 7) is 3.39. The molecule has 0 aromatic heterocycles. The van der Waals surface area contributed by atoms with Crippen molar-refractivity contribution in [3.05, 3.63) is 0 Å². The SMILES string of the molecule is CCC(C)(CCO)C(=O)O. The Morgan fingerprint density at radius 3 is 2.20 bits per heavy atom. The second-order valence-corrected chi connectivity index (χ2v) is 2.69. The molecule has 0 aliphatic heterocycles. The van der Waals surface area contributed by atoms with Gasteiger partial charge in [-0.2, -0.15) is 0 Å². The average molecular weight is 146 g/mol. The molecule has 0 fully saturated rings. The Bertz CT molecular complexity index is 122. The van der Waals surface area contributed by atoms with E-state index >= 15 is 0 Å². The van der Waals surface area contributed by atoms with Crippen LogP contribution in [0.15, 0.2) is 0 Å². The number of carboxylic acid groups (broad SMARTS) is 1. The van der Waals surface area contributed by atoms with Gasteiger partial charge in [0.1, 0.15) is 0 Å². The summed E-state index contributed by atoms with van der Waals surface area (Å²) in [4.78, 5) is 10.5. The summed E-state index contributed by atoms with van der Waals surface area (Å²) in [6, 6.07) is 0. The lowest BCUT2D eigenvalue weighted by Crippen LogP contribution is -2.27. The van der Waals surface area contributed by atoms with E-state index in [1.807, 2.05) is 6.92 Å². The number of hydrogen-bond donors (Lipinski definition) is 2. The number of aliphatic hydroxyl groups is 1. The molecule has 0 aliphatic rings. The molecule has 60 valence electrons. The molecule has 0 aromatic rings. The molecule has 2 N–H and O–H groups in total. The van der Waals surface area contributed by atoms with E-state index in [2.05, 4.69) is 0 Å². The van der Waals surface area contributed by atoms with E-state index < -0.39 is 11.4 Å². The van der Waals surface area contributed by atoms with Crippen molar-refractivity contribution < 1.29 is 15.0 Å². The van der Waals surface area contributed by atoms with Crippen LogP contribution in [-0.2, 0) is 4.79 Å². The zero-order valence-corrected chi connectivity index (χ0v) is 6.42. The van der Waals surface area contributed by atoms with E-state index in [1.165, 1.54) is 0 Å². The van der Waals surface area contributed by atoms with Crippen molar-refractivity contribution in [1.29, 1.82) is 0 Å². The Morgan fingerprint density at radius 2 is 2.10 bits per heavy atom. The highest BCUT2D eigenvalue weighted by Gasteiger charge is 2.29. The predicted molar refractivity (Wildman–Crippen MR) is 37.7 cm³/mol. The second-order valence-electron chi connectivity index (χ2n) is 2.69. The maximum Gasteiger partial charge on any atom is 0.309 e. The van der Waals surface area contributed by atoms with Crippen LogP contribution in [0.25, 0.3) is 0 Å². The zero-order valence-electron chi connectivity index (χ0n) is 6.42. The van der Waals surface area contributed by atoms with Gasteiger partial charge < -0.3 is 10.2 Å². The summed E-state index contributed by atoms with van der Waals surface area (Å²) in [5, 5.41) is 17.2. The first-order chi connectivity index (χ1) is 4.56. The molecule has 0 bridgehead atoms. The molecule has 0 amide bonds. The number of aliphatic hydroxyl groups excluding tert-OH is 1. The molecule has 0 aromatic carbocycles. The third kappa shape index (κ3) is 1.99. The second kappa shape index (κ2) is 3.56. The Balaban J connectivity index is 4.08. The van der Waals surface area contributed by atoms with E-state index in [9.17, 15) is 4.79 Å². The quantitative estimate of drug-likeness (QED) is 0.618. The average Bonchev–Trinajstić information content (AvgIpc) is 1.88. The highest BCUT2D eigenvalue weighted by atomic mass is 16.4. The Morgan fingerprint density at radius 1 is 1.60 bits per heavy atom. The van der Waals surface area contributed by atoms with Crippen molar-refractivity contribution in [3.63, 3.8) is 0 Å². The predicted octanol–water partition coefficient (Wildman–Crippen LogP) is 0.870.